The van der Waals surface area contributed by atoms with Gasteiger partial charge in [0.15, 0.2) is 0 Å². The van der Waals surface area contributed by atoms with Crippen LogP contribution in [0.2, 0.25) is 0 Å². The molecule has 1 saturated heterocycles. The Bertz CT molecular complexity index is 214. The van der Waals surface area contributed by atoms with Gasteiger partial charge in [-0.3, -0.25) is 4.79 Å². The summed E-state index contributed by atoms with van der Waals surface area (Å²) in [6.07, 6.45) is -4.59. The zero-order chi connectivity index (χ0) is 11.3. The molecule has 0 radical (unpaired) electrons. The van der Waals surface area contributed by atoms with Gasteiger partial charge in [-0.15, -0.1) is 0 Å². The lowest BCUT2D eigenvalue weighted by Gasteiger charge is -2.26. The second-order valence-corrected chi connectivity index (χ2v) is 3.80. The van der Waals surface area contributed by atoms with Gasteiger partial charge < -0.3 is 10.6 Å². The molecule has 2 N–H and O–H groups in total. The van der Waals surface area contributed by atoms with Crippen LogP contribution in [-0.4, -0.2) is 31.7 Å². The SMILES string of the molecule is O=C(CC1CNC1)NCCCC(F)(F)F. The maximum absolute atomic E-state index is 11.7. The molecule has 3 nitrogen and oxygen atoms in total. The molecule has 0 spiro atoms. The van der Waals surface area contributed by atoms with Crippen molar-refractivity contribution >= 4 is 5.91 Å². The number of alkyl halides is 3. The Morgan fingerprint density at radius 1 is 1.40 bits per heavy atom. The summed E-state index contributed by atoms with van der Waals surface area (Å²) in [7, 11) is 0. The second-order valence-electron chi connectivity index (χ2n) is 3.80. The van der Waals surface area contributed by atoms with Crippen molar-refractivity contribution in [3.63, 3.8) is 0 Å². The van der Waals surface area contributed by atoms with Crippen molar-refractivity contribution in [2.75, 3.05) is 19.6 Å². The normalized spacial score (nSPS) is 17.3. The minimum absolute atomic E-state index is 0.0435. The lowest BCUT2D eigenvalue weighted by atomic mass is 9.99. The van der Waals surface area contributed by atoms with Gasteiger partial charge in [-0.05, 0) is 25.4 Å². The average Bonchev–Trinajstić information content (AvgIpc) is 2.04. The van der Waals surface area contributed by atoms with Gasteiger partial charge in [-0.25, -0.2) is 0 Å². The molecule has 0 atom stereocenters. The van der Waals surface area contributed by atoms with Gasteiger partial charge >= 0.3 is 6.18 Å². The largest absolute Gasteiger partial charge is 0.389 e. The summed E-state index contributed by atoms with van der Waals surface area (Å²) in [6, 6.07) is 0. The maximum Gasteiger partial charge on any atom is 0.389 e. The van der Waals surface area contributed by atoms with Gasteiger partial charge in [0.1, 0.15) is 0 Å². The molecule has 0 aromatic heterocycles. The molecular formula is C9H15F3N2O. The average molecular weight is 224 g/mol. The first-order valence-corrected chi connectivity index (χ1v) is 5.01. The predicted molar refractivity (Wildman–Crippen MR) is 49.3 cm³/mol. The first-order valence-electron chi connectivity index (χ1n) is 5.01. The summed E-state index contributed by atoms with van der Waals surface area (Å²) in [5, 5.41) is 5.51. The van der Waals surface area contributed by atoms with Crippen molar-refractivity contribution in [2.24, 2.45) is 5.92 Å². The fraction of sp³-hybridized carbons (Fsp3) is 0.889. The molecule has 0 aromatic rings. The molecule has 1 fully saturated rings. The number of amides is 1. The van der Waals surface area contributed by atoms with Crippen LogP contribution < -0.4 is 10.6 Å². The van der Waals surface area contributed by atoms with Crippen LogP contribution in [0, 0.1) is 5.92 Å². The van der Waals surface area contributed by atoms with Crippen molar-refractivity contribution in [1.29, 1.82) is 0 Å². The van der Waals surface area contributed by atoms with E-state index in [0.717, 1.165) is 13.1 Å². The minimum Gasteiger partial charge on any atom is -0.356 e. The zero-order valence-electron chi connectivity index (χ0n) is 8.36. The molecule has 6 heteroatoms. The van der Waals surface area contributed by atoms with Gasteiger partial charge in [0, 0.05) is 19.4 Å². The number of halogens is 3. The van der Waals surface area contributed by atoms with Crippen LogP contribution in [0.25, 0.3) is 0 Å². The lowest BCUT2D eigenvalue weighted by Crippen LogP contribution is -2.44. The van der Waals surface area contributed by atoms with E-state index in [0.29, 0.717) is 12.3 Å². The van der Waals surface area contributed by atoms with Crippen LogP contribution in [0.1, 0.15) is 19.3 Å². The summed E-state index contributed by atoms with van der Waals surface area (Å²) in [5.41, 5.74) is 0. The second kappa shape index (κ2) is 5.34. The van der Waals surface area contributed by atoms with E-state index in [2.05, 4.69) is 10.6 Å². The molecule has 1 aliphatic heterocycles. The molecule has 1 amide bonds. The zero-order valence-corrected chi connectivity index (χ0v) is 8.36. The van der Waals surface area contributed by atoms with E-state index in [9.17, 15) is 18.0 Å². The number of rotatable bonds is 5. The van der Waals surface area contributed by atoms with E-state index in [-0.39, 0.29) is 18.9 Å². The Balaban J connectivity index is 1.97. The highest BCUT2D eigenvalue weighted by atomic mass is 19.4. The Morgan fingerprint density at radius 3 is 2.53 bits per heavy atom. The number of hydrogen-bond acceptors (Lipinski definition) is 2. The lowest BCUT2D eigenvalue weighted by molar-refractivity contribution is -0.136. The molecular weight excluding hydrogens is 209 g/mol. The summed E-state index contributed by atoms with van der Waals surface area (Å²) in [5.74, 6) is 0.205. The van der Waals surface area contributed by atoms with Crippen LogP contribution in [0.3, 0.4) is 0 Å². The van der Waals surface area contributed by atoms with Crippen LogP contribution in [-0.2, 0) is 4.79 Å². The van der Waals surface area contributed by atoms with Gasteiger partial charge in [0.2, 0.25) is 5.91 Å². The fourth-order valence-electron chi connectivity index (χ4n) is 1.34. The number of carbonyl (C=O) groups excluding carboxylic acids is 1. The van der Waals surface area contributed by atoms with Gasteiger partial charge in [0.25, 0.3) is 0 Å². The van der Waals surface area contributed by atoms with E-state index >= 15 is 0 Å². The number of nitrogens with one attached hydrogen (secondary N) is 2. The quantitative estimate of drug-likeness (QED) is 0.685. The topological polar surface area (TPSA) is 41.1 Å². The van der Waals surface area contributed by atoms with Gasteiger partial charge in [-0.2, -0.15) is 13.2 Å². The molecule has 0 bridgehead atoms. The van der Waals surface area contributed by atoms with E-state index in [1.165, 1.54) is 0 Å². The van der Waals surface area contributed by atoms with Gasteiger partial charge in [-0.1, -0.05) is 0 Å². The van der Waals surface area contributed by atoms with E-state index < -0.39 is 12.6 Å². The molecule has 1 rings (SSSR count). The first-order chi connectivity index (χ1) is 6.97. The standard InChI is InChI=1S/C9H15F3N2O/c10-9(11,12)2-1-3-14-8(15)4-7-5-13-6-7/h7,13H,1-6H2,(H,14,15). The minimum atomic E-state index is -4.12. The molecule has 15 heavy (non-hydrogen) atoms. The van der Waals surface area contributed by atoms with Crippen molar-refractivity contribution < 1.29 is 18.0 Å². The highest BCUT2D eigenvalue weighted by molar-refractivity contribution is 5.76. The molecule has 0 aromatic carbocycles. The highest BCUT2D eigenvalue weighted by Gasteiger charge is 2.26. The van der Waals surface area contributed by atoms with Crippen LogP contribution >= 0.6 is 0 Å². The predicted octanol–water partition coefficient (Wildman–Crippen LogP) is 1.05. The summed E-state index contributed by atoms with van der Waals surface area (Å²) < 4.78 is 35.2. The summed E-state index contributed by atoms with van der Waals surface area (Å²) >= 11 is 0. The van der Waals surface area contributed by atoms with Crippen LogP contribution in [0.15, 0.2) is 0 Å². The van der Waals surface area contributed by atoms with E-state index in [4.69, 9.17) is 0 Å². The van der Waals surface area contributed by atoms with Crippen molar-refractivity contribution in [2.45, 2.75) is 25.4 Å². The molecule has 88 valence electrons. The van der Waals surface area contributed by atoms with Crippen LogP contribution in [0.4, 0.5) is 13.2 Å². The monoisotopic (exact) mass is 224 g/mol. The third-order valence-corrected chi connectivity index (χ3v) is 2.30. The first kappa shape index (κ1) is 12.3. The van der Waals surface area contributed by atoms with Crippen molar-refractivity contribution in [3.05, 3.63) is 0 Å². The van der Waals surface area contributed by atoms with Crippen molar-refractivity contribution in [3.8, 4) is 0 Å². The molecule has 1 aliphatic rings. The van der Waals surface area contributed by atoms with E-state index in [1.54, 1.807) is 0 Å². The third kappa shape index (κ3) is 5.61. The number of carbonyl (C=O) groups is 1. The molecule has 0 aliphatic carbocycles. The van der Waals surface area contributed by atoms with Crippen LogP contribution in [0.5, 0.6) is 0 Å². The Labute approximate surface area is 86.4 Å². The molecule has 1 heterocycles. The Kier molecular flexibility index (Phi) is 4.38. The number of hydrogen-bond donors (Lipinski definition) is 2. The van der Waals surface area contributed by atoms with Crippen molar-refractivity contribution in [1.82, 2.24) is 10.6 Å². The molecule has 0 unspecified atom stereocenters. The van der Waals surface area contributed by atoms with E-state index in [1.807, 2.05) is 0 Å². The third-order valence-electron chi connectivity index (χ3n) is 2.30. The smallest absolute Gasteiger partial charge is 0.356 e. The maximum atomic E-state index is 11.7. The summed E-state index contributed by atoms with van der Waals surface area (Å²) in [4.78, 5) is 11.2. The Morgan fingerprint density at radius 2 is 2.07 bits per heavy atom. The Hall–Kier alpha value is -0.780. The van der Waals surface area contributed by atoms with Gasteiger partial charge in [0.05, 0.1) is 0 Å². The highest BCUT2D eigenvalue weighted by Crippen LogP contribution is 2.20. The molecule has 0 saturated carbocycles. The summed E-state index contributed by atoms with van der Waals surface area (Å²) in [6.45, 7) is 1.77. The fourth-order valence-corrected chi connectivity index (χ4v) is 1.34.